The van der Waals surface area contributed by atoms with Gasteiger partial charge in [-0.15, -0.1) is 0 Å². The number of rotatable bonds is 29. The molecule has 0 spiro atoms. The molecule has 0 aliphatic carbocycles. The van der Waals surface area contributed by atoms with Crippen LogP contribution < -0.4 is 16.0 Å². The van der Waals surface area contributed by atoms with Crippen molar-refractivity contribution in [3.8, 4) is 0 Å². The average Bonchev–Trinajstić information content (AvgIpc) is 0.773. The van der Waals surface area contributed by atoms with Crippen LogP contribution in [-0.4, -0.2) is 408 Å². The number of aliphatic carboxylic acids is 1. The Balaban J connectivity index is 1.16. The molecule has 42 nitrogen and oxygen atoms in total. The van der Waals surface area contributed by atoms with E-state index in [1.165, 1.54) is 0 Å². The molecule has 540 valence electrons. The number of aliphatic hydroxyl groups is 22. The molecule has 6 aliphatic heterocycles. The average molecular weight is 1370 g/mol. The Bertz CT molecular complexity index is 2360. The first-order valence-corrected chi connectivity index (χ1v) is 29.2. The molecule has 0 aromatic carbocycles. The summed E-state index contributed by atoms with van der Waals surface area (Å²) >= 11 is 0. The van der Waals surface area contributed by atoms with E-state index in [1.54, 1.807) is 0 Å². The second-order valence-corrected chi connectivity index (χ2v) is 23.0. The quantitative estimate of drug-likeness (QED) is 0.0331. The fourth-order valence-electron chi connectivity index (χ4n) is 11.4. The van der Waals surface area contributed by atoms with E-state index in [9.17, 15) is 137 Å². The fraction of sp³-hybridized carbons (Fsp3) is 0.922. The number of carbonyl (C=O) groups is 4. The minimum atomic E-state index is -3.25. The Morgan fingerprint density at radius 1 is 0.484 bits per heavy atom. The van der Waals surface area contributed by atoms with Crippen molar-refractivity contribution < 1.29 is 193 Å². The van der Waals surface area contributed by atoms with Crippen LogP contribution in [0.5, 0.6) is 0 Å². The Hall–Kier alpha value is -3.48. The van der Waals surface area contributed by atoms with Crippen molar-refractivity contribution in [3.05, 3.63) is 0 Å². The van der Waals surface area contributed by atoms with Crippen molar-refractivity contribution in [1.29, 1.82) is 0 Å². The van der Waals surface area contributed by atoms with Crippen molar-refractivity contribution in [2.24, 2.45) is 0 Å². The normalized spacial score (nSPS) is 43.6. The zero-order valence-electron chi connectivity index (χ0n) is 49.8. The van der Waals surface area contributed by atoms with Crippen LogP contribution in [-0.2, 0) is 76.0 Å². The summed E-state index contributed by atoms with van der Waals surface area (Å²) in [6.07, 6.45) is -65.2. The van der Waals surface area contributed by atoms with E-state index in [0.29, 0.717) is 0 Å². The SMILES string of the molecule is CC(=O)N[C@H]1[C@H](OC[C@@H](O)[C@H](O)[C@H](O[C@@H]2O[C@H](CO)[C@H](O)[C@H](O[C@]3(C(=O)O)C[C@H](O)[C@@H](NC(C)=O)[C@H]([C@H](O)[C@H](O)CO)O3)[C@H]2O)[C@H](CO)NC(C)=O)O[C@H](CO)[C@@H](O[C@@H]2O[C@H](CO)[C@H](O[C@@H]3O[C@H](CO)[C@H](O[C@H]4O[C@H](CO)[C@H](O)[C@H](O)[C@H]4O)[C@H](O)[C@H]3O)[C@H](O)[C@H]2O)[C@@H]1O. The summed E-state index contributed by atoms with van der Waals surface area (Å²) in [4.78, 5) is 50.2. The highest BCUT2D eigenvalue weighted by atomic mass is 16.8. The van der Waals surface area contributed by atoms with Gasteiger partial charge in [0.05, 0.1) is 71.0 Å². The molecule has 42 heteroatoms. The molecule has 93 heavy (non-hydrogen) atoms. The van der Waals surface area contributed by atoms with Gasteiger partial charge in [-0.25, -0.2) is 4.79 Å². The fourth-order valence-corrected chi connectivity index (χ4v) is 11.4. The first-order chi connectivity index (χ1) is 43.8. The zero-order chi connectivity index (χ0) is 69.4. The molecule has 6 saturated heterocycles. The van der Waals surface area contributed by atoms with Gasteiger partial charge in [0.2, 0.25) is 17.7 Å². The number of ether oxygens (including phenoxy) is 12. The van der Waals surface area contributed by atoms with E-state index < -0.39 is 297 Å². The summed E-state index contributed by atoms with van der Waals surface area (Å²) in [5, 5.41) is 255. The van der Waals surface area contributed by atoms with Crippen LogP contribution >= 0.6 is 0 Å². The third kappa shape index (κ3) is 17.9. The maximum absolute atomic E-state index is 13.1. The molecule has 6 rings (SSSR count). The van der Waals surface area contributed by atoms with Gasteiger partial charge in [-0.3, -0.25) is 14.4 Å². The van der Waals surface area contributed by atoms with Crippen LogP contribution in [0.3, 0.4) is 0 Å². The second-order valence-electron chi connectivity index (χ2n) is 23.0. The lowest BCUT2D eigenvalue weighted by Gasteiger charge is -2.50. The predicted molar refractivity (Wildman–Crippen MR) is 286 cm³/mol. The molecule has 0 unspecified atom stereocenters. The molecule has 6 aliphatic rings. The lowest BCUT2D eigenvalue weighted by Crippen LogP contribution is -2.70. The molecule has 3 amide bonds. The van der Waals surface area contributed by atoms with Gasteiger partial charge >= 0.3 is 5.97 Å². The number of hydrogen-bond acceptors (Lipinski definition) is 38. The summed E-state index contributed by atoms with van der Waals surface area (Å²) < 4.78 is 67.8. The van der Waals surface area contributed by atoms with Gasteiger partial charge in [-0.05, 0) is 0 Å². The van der Waals surface area contributed by atoms with Crippen LogP contribution in [0.15, 0.2) is 0 Å². The standard InChI is InChI=1S/C51H87N3O39/c1-13(62)52-16(5-55)39(88-49-38(79)44(30(71)21(8-58)84-49)93-51(50(80)81)4-17(65)25(53-14(2)63)43(92-51)27(68)18(66)6-56)28(69)19(67)12-82-45-26(54-15(3)64)31(72)40(22(9-59)85-45)89-47-36(77)33(74)42(24(11-61)86-47)91-48-37(78)34(75)41(23(10-60)87-48)90-46-35(76)32(73)29(70)20(7-57)83-46/h16-49,55-61,65-79H,4-12H2,1-3H3,(H,52,62)(H,53,63)(H,54,64)(H,80,81)/t16-,17-,18+,19+,20+,21+,22+,23+,24+,25+,26+,27+,28-,29-,30-,31+,32-,33+,34+,35+,36+,37+,38+,39+,40+,41-,42-,43+,44-,45+,46+,47-,48-,49-,51-/m0/s1. The summed E-state index contributed by atoms with van der Waals surface area (Å²) in [6.45, 7) is -5.90. The minimum Gasteiger partial charge on any atom is -0.477 e. The largest absolute Gasteiger partial charge is 0.477 e. The van der Waals surface area contributed by atoms with Gasteiger partial charge in [0, 0.05) is 27.2 Å². The van der Waals surface area contributed by atoms with Crippen molar-refractivity contribution >= 4 is 23.7 Å². The van der Waals surface area contributed by atoms with Crippen LogP contribution in [0, 0.1) is 0 Å². The molecule has 26 N–H and O–H groups in total. The highest BCUT2D eigenvalue weighted by Gasteiger charge is 2.61. The van der Waals surface area contributed by atoms with E-state index >= 15 is 0 Å². The maximum Gasteiger partial charge on any atom is 0.364 e. The molecule has 0 aromatic rings. The second kappa shape index (κ2) is 34.3. The van der Waals surface area contributed by atoms with Gasteiger partial charge in [0.1, 0.15) is 159 Å². The van der Waals surface area contributed by atoms with Gasteiger partial charge < -0.3 is 190 Å². The first-order valence-electron chi connectivity index (χ1n) is 29.2. The molecule has 35 atom stereocenters. The molecule has 6 fully saturated rings. The lowest BCUT2D eigenvalue weighted by atomic mass is 9.88. The zero-order valence-corrected chi connectivity index (χ0v) is 49.8. The van der Waals surface area contributed by atoms with Crippen molar-refractivity contribution in [2.75, 3.05) is 52.9 Å². The lowest BCUT2D eigenvalue weighted by molar-refractivity contribution is -0.386. The van der Waals surface area contributed by atoms with Crippen molar-refractivity contribution in [2.45, 2.75) is 241 Å². The van der Waals surface area contributed by atoms with Crippen LogP contribution in [0.4, 0.5) is 0 Å². The molecule has 0 radical (unpaired) electrons. The van der Waals surface area contributed by atoms with E-state index in [0.717, 1.165) is 20.8 Å². The number of amides is 3. The van der Waals surface area contributed by atoms with Gasteiger partial charge in [0.25, 0.3) is 5.79 Å². The monoisotopic (exact) mass is 1370 g/mol. The van der Waals surface area contributed by atoms with Crippen LogP contribution in [0.1, 0.15) is 27.2 Å². The Kier molecular flexibility index (Phi) is 29.0. The van der Waals surface area contributed by atoms with Crippen molar-refractivity contribution in [1.82, 2.24) is 16.0 Å². The predicted octanol–water partition coefficient (Wildman–Crippen LogP) is -17.0. The third-order valence-corrected chi connectivity index (χ3v) is 16.4. The number of carboxylic acids is 1. The third-order valence-electron chi connectivity index (χ3n) is 16.4. The van der Waals surface area contributed by atoms with Crippen molar-refractivity contribution in [3.63, 3.8) is 0 Å². The van der Waals surface area contributed by atoms with E-state index in [2.05, 4.69) is 16.0 Å². The Morgan fingerprint density at radius 3 is 1.38 bits per heavy atom. The number of carbonyl (C=O) groups excluding carboxylic acids is 3. The van der Waals surface area contributed by atoms with E-state index in [4.69, 9.17) is 56.8 Å². The summed E-state index contributed by atoms with van der Waals surface area (Å²) in [5.74, 6) is -8.05. The van der Waals surface area contributed by atoms with Crippen LogP contribution in [0.25, 0.3) is 0 Å². The van der Waals surface area contributed by atoms with Gasteiger partial charge in [-0.2, -0.15) is 0 Å². The summed E-state index contributed by atoms with van der Waals surface area (Å²) in [5.41, 5.74) is 0. The van der Waals surface area contributed by atoms with Gasteiger partial charge in [0.15, 0.2) is 31.5 Å². The first kappa shape index (κ1) is 78.5. The Morgan fingerprint density at radius 2 is 0.925 bits per heavy atom. The van der Waals surface area contributed by atoms with Gasteiger partial charge in [-0.1, -0.05) is 0 Å². The highest BCUT2D eigenvalue weighted by molar-refractivity contribution is 5.77. The molecule has 6 heterocycles. The summed E-state index contributed by atoms with van der Waals surface area (Å²) in [6, 6.07) is -5.34. The maximum atomic E-state index is 13.1. The summed E-state index contributed by atoms with van der Waals surface area (Å²) in [7, 11) is 0. The molecule has 0 saturated carbocycles. The van der Waals surface area contributed by atoms with E-state index in [-0.39, 0.29) is 0 Å². The van der Waals surface area contributed by atoms with E-state index in [1.807, 2.05) is 0 Å². The van der Waals surface area contributed by atoms with Crippen LogP contribution in [0.2, 0.25) is 0 Å². The topological polar surface area (TPSA) is 680 Å². The molecular formula is C51H87N3O39. The Labute approximate surface area is 526 Å². The minimum absolute atomic E-state index is 0.852. The number of nitrogens with one attached hydrogen (secondary N) is 3. The number of carboxylic acid groups (broad SMARTS) is 1. The molecule has 0 aromatic heterocycles. The number of hydrogen-bond donors (Lipinski definition) is 26. The molecule has 0 bridgehead atoms. The number of aliphatic hydroxyl groups excluding tert-OH is 22. The highest BCUT2D eigenvalue weighted by Crippen LogP contribution is 2.39. The smallest absolute Gasteiger partial charge is 0.364 e. The molecular weight excluding hydrogens is 1280 g/mol.